The third kappa shape index (κ3) is 4.75. The number of nitrogens with zero attached hydrogens (tertiary/aromatic N) is 3. The first-order chi connectivity index (χ1) is 28.2. The van der Waals surface area contributed by atoms with Gasteiger partial charge < -0.3 is 4.42 Å². The Balaban J connectivity index is 1.09. The molecule has 0 aliphatic heterocycles. The van der Waals surface area contributed by atoms with Crippen LogP contribution in [0.4, 0.5) is 0 Å². The Morgan fingerprint density at radius 2 is 0.964 bits per heavy atom. The van der Waals surface area contributed by atoms with E-state index in [2.05, 4.69) is 103 Å². The number of furan rings is 1. The van der Waals surface area contributed by atoms with Crippen LogP contribution in [0.5, 0.6) is 0 Å². The number of hydrogen-bond acceptors (Lipinski definition) is 5. The SMILES string of the molecule is [2H]c1cc(-c2ccc3c4ccccc4c4ccccc4c3c2)cc2c1sc1cccc(-c3nc(-c4ccccc4)nc(-c4cccc5c4oc4ccccc45)n3)c12. The highest BCUT2D eigenvalue weighted by molar-refractivity contribution is 7.26. The largest absolute Gasteiger partial charge is 0.455 e. The topological polar surface area (TPSA) is 51.8 Å². The van der Waals surface area contributed by atoms with E-state index in [-0.39, 0.29) is 0 Å². The number of thiophene rings is 1. The molecule has 0 aliphatic carbocycles. The van der Waals surface area contributed by atoms with Crippen LogP contribution in [0.25, 0.3) is 120 Å². The fourth-order valence-electron chi connectivity index (χ4n) is 8.45. The maximum absolute atomic E-state index is 9.34. The zero-order chi connectivity index (χ0) is 37.6. The molecule has 12 aromatic rings. The number of rotatable bonds is 4. The van der Waals surface area contributed by atoms with Crippen LogP contribution in [0.1, 0.15) is 1.37 Å². The van der Waals surface area contributed by atoms with Crippen LogP contribution < -0.4 is 0 Å². The molecular formula is C51H29N3OS. The fourth-order valence-corrected chi connectivity index (χ4v) is 9.53. The van der Waals surface area contributed by atoms with Gasteiger partial charge in [0.2, 0.25) is 0 Å². The summed E-state index contributed by atoms with van der Waals surface area (Å²) >= 11 is 1.64. The lowest BCUT2D eigenvalue weighted by molar-refractivity contribution is 0.669. The van der Waals surface area contributed by atoms with Crippen molar-refractivity contribution in [1.82, 2.24) is 15.0 Å². The van der Waals surface area contributed by atoms with Gasteiger partial charge in [-0.3, -0.25) is 0 Å². The van der Waals surface area contributed by atoms with Crippen molar-refractivity contribution in [3.05, 3.63) is 176 Å². The molecule has 56 heavy (non-hydrogen) atoms. The van der Waals surface area contributed by atoms with Crippen molar-refractivity contribution < 1.29 is 5.79 Å². The molecule has 9 aromatic carbocycles. The molecule has 0 amide bonds. The number of fused-ring (bicyclic) bond motifs is 12. The summed E-state index contributed by atoms with van der Waals surface area (Å²) in [5.41, 5.74) is 6.23. The lowest BCUT2D eigenvalue weighted by Gasteiger charge is -2.12. The molecule has 0 saturated carbocycles. The third-order valence-electron chi connectivity index (χ3n) is 11.0. The van der Waals surface area contributed by atoms with E-state index in [0.717, 1.165) is 69.9 Å². The summed E-state index contributed by atoms with van der Waals surface area (Å²) in [5, 5.41) is 11.5. The van der Waals surface area contributed by atoms with Crippen LogP contribution in [0.3, 0.4) is 0 Å². The molecule has 0 fully saturated rings. The van der Waals surface area contributed by atoms with Crippen molar-refractivity contribution in [2.45, 2.75) is 0 Å². The van der Waals surface area contributed by atoms with Gasteiger partial charge in [-0.1, -0.05) is 140 Å². The first-order valence-corrected chi connectivity index (χ1v) is 19.5. The zero-order valence-electron chi connectivity index (χ0n) is 30.8. The number of aromatic nitrogens is 3. The van der Waals surface area contributed by atoms with Crippen LogP contribution in [0, 0.1) is 0 Å². The van der Waals surface area contributed by atoms with Gasteiger partial charge in [-0.05, 0) is 79.8 Å². The highest BCUT2D eigenvalue weighted by atomic mass is 32.1. The summed E-state index contributed by atoms with van der Waals surface area (Å²) in [7, 11) is 0. The molecule has 0 bridgehead atoms. The molecule has 260 valence electrons. The van der Waals surface area contributed by atoms with E-state index in [1.807, 2.05) is 66.7 Å². The van der Waals surface area contributed by atoms with Gasteiger partial charge >= 0.3 is 0 Å². The summed E-state index contributed by atoms with van der Waals surface area (Å²) in [6.07, 6.45) is 0. The second-order valence-corrected chi connectivity index (χ2v) is 15.3. The summed E-state index contributed by atoms with van der Waals surface area (Å²) in [6.45, 7) is 0. The normalized spacial score (nSPS) is 12.2. The van der Waals surface area contributed by atoms with Crippen LogP contribution in [0.2, 0.25) is 0 Å². The lowest BCUT2D eigenvalue weighted by atomic mass is 9.92. The Labute approximate surface area is 326 Å². The summed E-state index contributed by atoms with van der Waals surface area (Å²) in [6, 6.07) is 59.3. The summed E-state index contributed by atoms with van der Waals surface area (Å²) in [4.78, 5) is 15.5. The highest BCUT2D eigenvalue weighted by Gasteiger charge is 2.20. The van der Waals surface area contributed by atoms with E-state index in [1.165, 1.54) is 32.3 Å². The molecule has 3 aromatic heterocycles. The minimum absolute atomic E-state index is 0.496. The average molecular weight is 733 g/mol. The van der Waals surface area contributed by atoms with Crippen LogP contribution >= 0.6 is 11.3 Å². The van der Waals surface area contributed by atoms with E-state index in [0.29, 0.717) is 23.5 Å². The highest BCUT2D eigenvalue weighted by Crippen LogP contribution is 2.43. The summed E-state index contributed by atoms with van der Waals surface area (Å²) < 4.78 is 17.8. The number of benzene rings is 9. The van der Waals surface area contributed by atoms with Crippen molar-refractivity contribution in [2.24, 2.45) is 0 Å². The molecular weight excluding hydrogens is 703 g/mol. The van der Waals surface area contributed by atoms with Crippen LogP contribution in [-0.2, 0) is 0 Å². The van der Waals surface area contributed by atoms with Crippen molar-refractivity contribution in [3.63, 3.8) is 0 Å². The van der Waals surface area contributed by atoms with Gasteiger partial charge in [0.05, 0.1) is 6.93 Å². The van der Waals surface area contributed by atoms with Crippen molar-refractivity contribution in [3.8, 4) is 45.3 Å². The summed E-state index contributed by atoms with van der Waals surface area (Å²) in [5.74, 6) is 1.69. The number of hydrogen-bond donors (Lipinski definition) is 0. The molecule has 4 nitrogen and oxygen atoms in total. The second kappa shape index (κ2) is 12.2. The Morgan fingerprint density at radius 3 is 1.75 bits per heavy atom. The van der Waals surface area contributed by atoms with Gasteiger partial charge in [0.25, 0.3) is 0 Å². The van der Waals surface area contributed by atoms with Crippen molar-refractivity contribution in [1.29, 1.82) is 0 Å². The van der Waals surface area contributed by atoms with Gasteiger partial charge in [0.15, 0.2) is 17.5 Å². The second-order valence-electron chi connectivity index (χ2n) is 14.2. The fraction of sp³-hybridized carbons (Fsp3) is 0. The van der Waals surface area contributed by atoms with Gasteiger partial charge in [-0.2, -0.15) is 0 Å². The first kappa shape index (κ1) is 30.2. The Bertz CT molecular complexity index is 3570. The van der Waals surface area contributed by atoms with Gasteiger partial charge in [0, 0.05) is 42.1 Å². The van der Waals surface area contributed by atoms with E-state index in [9.17, 15) is 1.37 Å². The molecule has 3 heterocycles. The molecule has 0 unspecified atom stereocenters. The predicted molar refractivity (Wildman–Crippen MR) is 234 cm³/mol. The van der Waals surface area contributed by atoms with Crippen LogP contribution in [-0.4, -0.2) is 15.0 Å². The minimum Gasteiger partial charge on any atom is -0.455 e. The minimum atomic E-state index is 0.496. The smallest absolute Gasteiger partial charge is 0.167 e. The first-order valence-electron chi connectivity index (χ1n) is 19.2. The zero-order valence-corrected chi connectivity index (χ0v) is 30.6. The average Bonchev–Trinajstić information content (AvgIpc) is 3.86. The maximum atomic E-state index is 9.34. The molecule has 0 spiro atoms. The molecule has 12 rings (SSSR count). The van der Waals surface area contributed by atoms with E-state index in [1.54, 1.807) is 11.3 Å². The van der Waals surface area contributed by atoms with Gasteiger partial charge in [-0.15, -0.1) is 11.3 Å². The van der Waals surface area contributed by atoms with E-state index in [4.69, 9.17) is 19.4 Å². The van der Waals surface area contributed by atoms with Crippen molar-refractivity contribution >= 4 is 85.8 Å². The van der Waals surface area contributed by atoms with E-state index < -0.39 is 0 Å². The van der Waals surface area contributed by atoms with Crippen molar-refractivity contribution in [2.75, 3.05) is 0 Å². The predicted octanol–water partition coefficient (Wildman–Crippen LogP) is 14.3. The third-order valence-corrected chi connectivity index (χ3v) is 12.1. The van der Waals surface area contributed by atoms with Gasteiger partial charge in [-0.25, -0.2) is 15.0 Å². The quantitative estimate of drug-likeness (QED) is 0.169. The monoisotopic (exact) mass is 732 g/mol. The lowest BCUT2D eigenvalue weighted by Crippen LogP contribution is -2.00. The Morgan fingerprint density at radius 1 is 0.393 bits per heavy atom. The molecule has 5 heteroatoms. The molecule has 0 radical (unpaired) electrons. The number of para-hydroxylation sites is 2. The molecule has 0 N–H and O–H groups in total. The molecule has 0 saturated heterocycles. The molecule has 0 aliphatic rings. The van der Waals surface area contributed by atoms with Gasteiger partial charge in [0.1, 0.15) is 11.2 Å². The maximum Gasteiger partial charge on any atom is 0.167 e. The Hall–Kier alpha value is -7.21. The Kier molecular flexibility index (Phi) is 6.54. The standard InChI is InChI=1S/C51H29N3OS/c1-2-12-30(13-3-1)49-52-50(54-51(53-49)41-21-10-19-39-38-18-8-9-22-44(38)55-48(39)41)40-20-11-23-46-47(40)43-29-32(25-27-45(43)56-46)31-24-26-37-35-16-5-4-14-33(35)34-15-6-7-17-36(34)42(37)28-31/h1-29H/i27D. The van der Waals surface area contributed by atoms with Crippen LogP contribution in [0.15, 0.2) is 180 Å². The van der Waals surface area contributed by atoms with E-state index >= 15 is 0 Å². The molecule has 0 atom stereocenters.